The molecule has 2 aromatic rings. The van der Waals surface area contributed by atoms with E-state index in [-0.39, 0.29) is 12.3 Å². The molecule has 0 aliphatic heterocycles. The lowest BCUT2D eigenvalue weighted by molar-refractivity contribution is 0.397. The molecule has 1 aromatic carbocycles. The second kappa shape index (κ2) is 6.12. The van der Waals surface area contributed by atoms with Crippen LogP contribution in [0.25, 0.3) is 0 Å². The van der Waals surface area contributed by atoms with Crippen LogP contribution in [-0.2, 0) is 22.3 Å². The molecule has 1 heterocycles. The van der Waals surface area contributed by atoms with Crippen molar-refractivity contribution in [3.8, 4) is 6.07 Å². The average Bonchev–Trinajstić information content (AvgIpc) is 2.84. The molecule has 0 unspecified atom stereocenters. The summed E-state index contributed by atoms with van der Waals surface area (Å²) in [6, 6.07) is 12.1. The normalized spacial score (nSPS) is 11.5. The van der Waals surface area contributed by atoms with Crippen molar-refractivity contribution in [1.29, 1.82) is 5.26 Å². The molecule has 110 valence electrons. The molecule has 0 bridgehead atoms. The van der Waals surface area contributed by atoms with Crippen molar-refractivity contribution in [3.63, 3.8) is 0 Å². The van der Waals surface area contributed by atoms with Crippen LogP contribution in [0.1, 0.15) is 22.6 Å². The fourth-order valence-electron chi connectivity index (χ4n) is 1.88. The number of aryl methyl sites for hydroxylation is 1. The van der Waals surface area contributed by atoms with E-state index in [0.29, 0.717) is 16.9 Å². The highest BCUT2D eigenvalue weighted by atomic mass is 32.2. The predicted octanol–water partition coefficient (Wildman–Crippen LogP) is 2.42. The summed E-state index contributed by atoms with van der Waals surface area (Å²) in [5.74, 6) is 1.26. The molecule has 21 heavy (non-hydrogen) atoms. The predicted molar refractivity (Wildman–Crippen MR) is 78.7 cm³/mol. The van der Waals surface area contributed by atoms with E-state index < -0.39 is 10.0 Å². The molecule has 0 amide bonds. The van der Waals surface area contributed by atoms with Gasteiger partial charge in [0.25, 0.3) is 0 Å². The SMILES string of the molecule is Cc1ccc(CN(C)S(=O)(=O)Cc2ccc(C#N)cc2)o1. The van der Waals surface area contributed by atoms with Gasteiger partial charge in [-0.05, 0) is 36.8 Å². The lowest BCUT2D eigenvalue weighted by Crippen LogP contribution is -2.27. The Hall–Kier alpha value is -2.10. The second-order valence-corrected chi connectivity index (χ2v) is 6.91. The van der Waals surface area contributed by atoms with E-state index in [1.807, 2.05) is 13.0 Å². The molecule has 0 saturated heterocycles. The van der Waals surface area contributed by atoms with Gasteiger partial charge >= 0.3 is 0 Å². The Bertz CT molecular complexity index is 755. The van der Waals surface area contributed by atoms with Crippen molar-refractivity contribution >= 4 is 10.0 Å². The summed E-state index contributed by atoms with van der Waals surface area (Å²) in [6.45, 7) is 2.02. The van der Waals surface area contributed by atoms with E-state index in [4.69, 9.17) is 9.68 Å². The van der Waals surface area contributed by atoms with Crippen molar-refractivity contribution in [2.24, 2.45) is 0 Å². The monoisotopic (exact) mass is 304 g/mol. The van der Waals surface area contributed by atoms with E-state index in [2.05, 4.69) is 0 Å². The maximum absolute atomic E-state index is 12.3. The number of nitrogens with zero attached hydrogens (tertiary/aromatic N) is 2. The van der Waals surface area contributed by atoms with Crippen LogP contribution in [0.5, 0.6) is 0 Å². The lowest BCUT2D eigenvalue weighted by atomic mass is 10.2. The lowest BCUT2D eigenvalue weighted by Gasteiger charge is -2.16. The summed E-state index contributed by atoms with van der Waals surface area (Å²) in [7, 11) is -1.91. The first-order chi connectivity index (χ1) is 9.90. The van der Waals surface area contributed by atoms with Gasteiger partial charge in [0.2, 0.25) is 10.0 Å². The molecule has 1 aromatic heterocycles. The first-order valence-corrected chi connectivity index (χ1v) is 8.00. The molecule has 0 aliphatic carbocycles. The minimum atomic E-state index is -3.43. The Morgan fingerprint density at radius 2 is 1.86 bits per heavy atom. The van der Waals surface area contributed by atoms with E-state index in [9.17, 15) is 8.42 Å². The second-order valence-electron chi connectivity index (χ2n) is 4.83. The van der Waals surface area contributed by atoms with Crippen LogP contribution in [-0.4, -0.2) is 19.8 Å². The number of hydrogen-bond acceptors (Lipinski definition) is 4. The number of sulfonamides is 1. The van der Waals surface area contributed by atoms with Gasteiger partial charge in [0, 0.05) is 7.05 Å². The highest BCUT2D eigenvalue weighted by Gasteiger charge is 2.19. The first-order valence-electron chi connectivity index (χ1n) is 6.39. The molecule has 6 heteroatoms. The van der Waals surface area contributed by atoms with Crippen molar-refractivity contribution in [2.75, 3.05) is 7.05 Å². The van der Waals surface area contributed by atoms with E-state index in [1.54, 1.807) is 36.4 Å². The third-order valence-electron chi connectivity index (χ3n) is 3.08. The molecule has 0 saturated carbocycles. The quantitative estimate of drug-likeness (QED) is 0.850. The van der Waals surface area contributed by atoms with E-state index in [1.165, 1.54) is 11.4 Å². The highest BCUT2D eigenvalue weighted by Crippen LogP contribution is 2.15. The topological polar surface area (TPSA) is 74.3 Å². The van der Waals surface area contributed by atoms with Gasteiger partial charge in [-0.3, -0.25) is 0 Å². The molecule has 0 fully saturated rings. The molecule has 0 aliphatic rings. The van der Waals surface area contributed by atoms with Crippen LogP contribution < -0.4 is 0 Å². The number of rotatable bonds is 5. The molecular formula is C15H16N2O3S. The number of furan rings is 1. The Balaban J connectivity index is 2.08. The molecule has 0 spiro atoms. The molecule has 0 radical (unpaired) electrons. The Labute approximate surface area is 124 Å². The zero-order chi connectivity index (χ0) is 15.5. The smallest absolute Gasteiger partial charge is 0.218 e. The van der Waals surface area contributed by atoms with Crippen molar-refractivity contribution in [3.05, 3.63) is 59.0 Å². The van der Waals surface area contributed by atoms with Crippen LogP contribution in [0.2, 0.25) is 0 Å². The van der Waals surface area contributed by atoms with Crippen LogP contribution in [0, 0.1) is 18.3 Å². The standard InChI is InChI=1S/C15H16N2O3S/c1-12-3-8-15(20-12)10-17(2)21(18,19)11-14-6-4-13(9-16)5-7-14/h3-8H,10-11H2,1-2H3. The third kappa shape index (κ3) is 3.94. The van der Waals surface area contributed by atoms with E-state index >= 15 is 0 Å². The average molecular weight is 304 g/mol. The zero-order valence-corrected chi connectivity index (χ0v) is 12.7. The summed E-state index contributed by atoms with van der Waals surface area (Å²) in [5, 5.41) is 8.73. The minimum Gasteiger partial charge on any atom is -0.465 e. The van der Waals surface area contributed by atoms with Crippen LogP contribution in [0.15, 0.2) is 40.8 Å². The molecule has 0 N–H and O–H groups in total. The molecular weight excluding hydrogens is 288 g/mol. The van der Waals surface area contributed by atoms with Crippen LogP contribution in [0.4, 0.5) is 0 Å². The molecule has 5 nitrogen and oxygen atoms in total. The fourth-order valence-corrected chi connectivity index (χ4v) is 3.04. The summed E-state index contributed by atoms with van der Waals surface area (Å²) in [4.78, 5) is 0. The van der Waals surface area contributed by atoms with Gasteiger partial charge in [-0.15, -0.1) is 0 Å². The van der Waals surface area contributed by atoms with Gasteiger partial charge in [0.1, 0.15) is 11.5 Å². The number of hydrogen-bond donors (Lipinski definition) is 0. The van der Waals surface area contributed by atoms with Gasteiger partial charge in [-0.1, -0.05) is 12.1 Å². The highest BCUT2D eigenvalue weighted by molar-refractivity contribution is 7.88. The Morgan fingerprint density at radius 1 is 1.19 bits per heavy atom. The molecule has 2 rings (SSSR count). The first kappa shape index (κ1) is 15.3. The fraction of sp³-hybridized carbons (Fsp3) is 0.267. The van der Waals surface area contributed by atoms with Gasteiger partial charge < -0.3 is 4.42 Å². The summed E-state index contributed by atoms with van der Waals surface area (Å²) in [5.41, 5.74) is 1.16. The van der Waals surface area contributed by atoms with Gasteiger partial charge in [0.05, 0.1) is 23.9 Å². The number of nitriles is 1. The van der Waals surface area contributed by atoms with Crippen LogP contribution in [0.3, 0.4) is 0 Å². The van der Waals surface area contributed by atoms with Crippen molar-refractivity contribution in [2.45, 2.75) is 19.2 Å². The third-order valence-corrected chi connectivity index (χ3v) is 4.86. The van der Waals surface area contributed by atoms with Crippen molar-refractivity contribution < 1.29 is 12.8 Å². The molecule has 0 atom stereocenters. The Kier molecular flexibility index (Phi) is 4.46. The van der Waals surface area contributed by atoms with Gasteiger partial charge in [0.15, 0.2) is 0 Å². The summed E-state index contributed by atoms with van der Waals surface area (Å²) < 4.78 is 31.2. The summed E-state index contributed by atoms with van der Waals surface area (Å²) in [6.07, 6.45) is 0. The number of benzene rings is 1. The zero-order valence-electron chi connectivity index (χ0n) is 11.9. The van der Waals surface area contributed by atoms with Gasteiger partial charge in [-0.2, -0.15) is 9.57 Å². The van der Waals surface area contributed by atoms with Crippen molar-refractivity contribution in [1.82, 2.24) is 4.31 Å². The minimum absolute atomic E-state index is 0.102. The maximum Gasteiger partial charge on any atom is 0.218 e. The van der Waals surface area contributed by atoms with Gasteiger partial charge in [-0.25, -0.2) is 8.42 Å². The maximum atomic E-state index is 12.3. The van der Waals surface area contributed by atoms with E-state index in [0.717, 1.165) is 5.76 Å². The van der Waals surface area contributed by atoms with Crippen LogP contribution >= 0.6 is 0 Å². The Morgan fingerprint density at radius 3 is 2.38 bits per heavy atom. The largest absolute Gasteiger partial charge is 0.465 e. The summed E-state index contributed by atoms with van der Waals surface area (Å²) >= 11 is 0.